The topological polar surface area (TPSA) is 221 Å². The molecule has 4 amide bonds. The molecular weight excluding hydrogens is 556 g/mol. The molecule has 0 aliphatic heterocycles. The van der Waals surface area contributed by atoms with Crippen molar-refractivity contribution >= 4 is 41.4 Å². The fourth-order valence-corrected chi connectivity index (χ4v) is 4.60. The van der Waals surface area contributed by atoms with E-state index in [1.807, 2.05) is 66.9 Å². The molecule has 0 saturated carbocycles. The molecule has 0 bridgehead atoms. The number of hydrogen-bond acceptors (Lipinski definition) is 7. The SMILES string of the molecule is CSCC[C@H](NC(=O)[C@H](N)Cc1ccccc1)C(=O)N[C@@H](CCCN=C(N)N)C(=O)N[C@H](Cc1ccccc1)C(N)=O. The average Bonchev–Trinajstić information content (AvgIpc) is 2.96. The molecule has 13 heteroatoms. The molecule has 4 atom stereocenters. The van der Waals surface area contributed by atoms with Gasteiger partial charge in [0, 0.05) is 13.0 Å². The van der Waals surface area contributed by atoms with Crippen molar-refractivity contribution in [2.24, 2.45) is 27.9 Å². The van der Waals surface area contributed by atoms with Crippen LogP contribution in [0.25, 0.3) is 0 Å². The van der Waals surface area contributed by atoms with Gasteiger partial charge in [-0.15, -0.1) is 0 Å². The molecule has 2 aromatic carbocycles. The van der Waals surface area contributed by atoms with E-state index in [0.717, 1.165) is 11.1 Å². The van der Waals surface area contributed by atoms with Crippen LogP contribution in [0.5, 0.6) is 0 Å². The van der Waals surface area contributed by atoms with Crippen molar-refractivity contribution in [3.05, 3.63) is 71.8 Å². The molecule has 0 aromatic heterocycles. The molecule has 2 rings (SSSR count). The van der Waals surface area contributed by atoms with Crippen LogP contribution in [0, 0.1) is 0 Å². The molecule has 42 heavy (non-hydrogen) atoms. The zero-order valence-corrected chi connectivity index (χ0v) is 24.6. The van der Waals surface area contributed by atoms with Gasteiger partial charge in [0.05, 0.1) is 6.04 Å². The Morgan fingerprint density at radius 1 is 0.738 bits per heavy atom. The second kappa shape index (κ2) is 18.4. The van der Waals surface area contributed by atoms with E-state index in [2.05, 4.69) is 20.9 Å². The van der Waals surface area contributed by atoms with Crippen molar-refractivity contribution in [3.8, 4) is 0 Å². The number of aliphatic imine (C=N–C) groups is 1. The molecule has 0 aliphatic carbocycles. The van der Waals surface area contributed by atoms with E-state index in [1.165, 1.54) is 11.8 Å². The number of primary amides is 1. The van der Waals surface area contributed by atoms with Gasteiger partial charge in [-0.05, 0) is 48.8 Å². The van der Waals surface area contributed by atoms with Crippen LogP contribution in [-0.4, -0.2) is 72.3 Å². The smallest absolute Gasteiger partial charge is 0.243 e. The van der Waals surface area contributed by atoms with Crippen LogP contribution in [0.2, 0.25) is 0 Å². The summed E-state index contributed by atoms with van der Waals surface area (Å²) in [7, 11) is 0. The molecule has 11 N–H and O–H groups in total. The minimum absolute atomic E-state index is 0.0941. The monoisotopic (exact) mass is 598 g/mol. The number of nitrogens with two attached hydrogens (primary N) is 4. The highest BCUT2D eigenvalue weighted by Gasteiger charge is 2.30. The Balaban J connectivity index is 2.15. The van der Waals surface area contributed by atoms with Gasteiger partial charge in [0.1, 0.15) is 18.1 Å². The Morgan fingerprint density at radius 2 is 1.24 bits per heavy atom. The zero-order valence-electron chi connectivity index (χ0n) is 23.8. The normalized spacial score (nSPS) is 13.6. The predicted octanol–water partition coefficient (Wildman–Crippen LogP) is -0.454. The van der Waals surface area contributed by atoms with Crippen LogP contribution in [0.4, 0.5) is 0 Å². The number of nitrogens with zero attached hydrogens (tertiary/aromatic N) is 1. The van der Waals surface area contributed by atoms with Gasteiger partial charge in [-0.25, -0.2) is 0 Å². The van der Waals surface area contributed by atoms with Crippen molar-refractivity contribution < 1.29 is 19.2 Å². The third kappa shape index (κ3) is 12.6. The van der Waals surface area contributed by atoms with E-state index in [-0.39, 0.29) is 25.3 Å². The Morgan fingerprint density at radius 3 is 1.76 bits per heavy atom. The Labute approximate surface area is 250 Å². The molecule has 0 radical (unpaired) electrons. The standard InChI is InChI=1S/C29H42N8O4S/c1-42-16-14-23(35-26(39)21(30)17-19-9-4-2-5-10-19)28(41)36-22(13-8-15-34-29(32)33)27(40)37-24(25(31)38)18-20-11-6-3-7-12-20/h2-7,9-12,21-24H,8,13-18,30H2,1H3,(H2,31,38)(H,35,39)(H,36,41)(H,37,40)(H4,32,33,34)/t21-,22+,23+,24-/m1/s1. The lowest BCUT2D eigenvalue weighted by atomic mass is 10.0. The van der Waals surface area contributed by atoms with Crippen LogP contribution in [-0.2, 0) is 32.0 Å². The van der Waals surface area contributed by atoms with Crippen LogP contribution < -0.4 is 38.9 Å². The van der Waals surface area contributed by atoms with Crippen molar-refractivity contribution in [2.75, 3.05) is 18.6 Å². The van der Waals surface area contributed by atoms with Crippen LogP contribution in [0.1, 0.15) is 30.4 Å². The lowest BCUT2D eigenvalue weighted by Crippen LogP contribution is -2.58. The van der Waals surface area contributed by atoms with Gasteiger partial charge in [-0.1, -0.05) is 60.7 Å². The highest BCUT2D eigenvalue weighted by Crippen LogP contribution is 2.08. The van der Waals surface area contributed by atoms with Crippen molar-refractivity contribution in [3.63, 3.8) is 0 Å². The molecule has 0 aliphatic rings. The van der Waals surface area contributed by atoms with Gasteiger partial charge in [-0.2, -0.15) is 11.8 Å². The maximum absolute atomic E-state index is 13.4. The Kier molecular flexibility index (Phi) is 14.9. The summed E-state index contributed by atoms with van der Waals surface area (Å²) in [5.41, 5.74) is 24.2. The minimum atomic E-state index is -1.05. The first kappa shape index (κ1) is 34.1. The van der Waals surface area contributed by atoms with Gasteiger partial charge in [0.15, 0.2) is 5.96 Å². The number of benzene rings is 2. The zero-order chi connectivity index (χ0) is 30.9. The lowest BCUT2D eigenvalue weighted by molar-refractivity contribution is -0.133. The second-order valence-electron chi connectivity index (χ2n) is 9.80. The van der Waals surface area contributed by atoms with Gasteiger partial charge in [0.25, 0.3) is 0 Å². The van der Waals surface area contributed by atoms with Crippen LogP contribution >= 0.6 is 11.8 Å². The first-order valence-electron chi connectivity index (χ1n) is 13.7. The second-order valence-corrected chi connectivity index (χ2v) is 10.8. The number of rotatable bonds is 18. The third-order valence-electron chi connectivity index (χ3n) is 6.40. The Hall–Kier alpha value is -4.10. The van der Waals surface area contributed by atoms with E-state index >= 15 is 0 Å². The molecular formula is C29H42N8O4S. The number of hydrogen-bond donors (Lipinski definition) is 7. The van der Waals surface area contributed by atoms with Gasteiger partial charge in [-0.3, -0.25) is 24.2 Å². The molecule has 12 nitrogen and oxygen atoms in total. The van der Waals surface area contributed by atoms with Crippen molar-refractivity contribution in [1.82, 2.24) is 16.0 Å². The van der Waals surface area contributed by atoms with E-state index in [1.54, 1.807) is 0 Å². The maximum Gasteiger partial charge on any atom is 0.243 e. The summed E-state index contributed by atoms with van der Waals surface area (Å²) < 4.78 is 0. The number of nitrogens with one attached hydrogen (secondary N) is 3. The first-order chi connectivity index (χ1) is 20.1. The summed E-state index contributed by atoms with van der Waals surface area (Å²) in [6.07, 6.45) is 3.21. The summed E-state index contributed by atoms with van der Waals surface area (Å²) in [6, 6.07) is 14.6. The average molecular weight is 599 g/mol. The maximum atomic E-state index is 13.4. The minimum Gasteiger partial charge on any atom is -0.370 e. The van der Waals surface area contributed by atoms with Crippen molar-refractivity contribution in [1.29, 1.82) is 0 Å². The fraction of sp³-hybridized carbons (Fsp3) is 0.414. The number of guanidine groups is 1. The highest BCUT2D eigenvalue weighted by atomic mass is 32.2. The van der Waals surface area contributed by atoms with Gasteiger partial charge >= 0.3 is 0 Å². The molecule has 2 aromatic rings. The van der Waals surface area contributed by atoms with Crippen molar-refractivity contribution in [2.45, 2.75) is 56.3 Å². The fourth-order valence-electron chi connectivity index (χ4n) is 4.13. The van der Waals surface area contributed by atoms with Gasteiger partial charge in [0.2, 0.25) is 23.6 Å². The summed E-state index contributed by atoms with van der Waals surface area (Å²) in [5.74, 6) is -1.85. The van der Waals surface area contributed by atoms with E-state index in [4.69, 9.17) is 22.9 Å². The Bertz CT molecular complexity index is 1180. The molecule has 0 spiro atoms. The highest BCUT2D eigenvalue weighted by molar-refractivity contribution is 7.98. The summed E-state index contributed by atoms with van der Waals surface area (Å²) >= 11 is 1.51. The largest absolute Gasteiger partial charge is 0.370 e. The summed E-state index contributed by atoms with van der Waals surface area (Å²) in [5, 5.41) is 8.14. The number of amides is 4. The molecule has 0 heterocycles. The summed E-state index contributed by atoms with van der Waals surface area (Å²) in [4.78, 5) is 55.8. The number of carbonyl (C=O) groups excluding carboxylic acids is 4. The number of thioether (sulfide) groups is 1. The molecule has 0 fully saturated rings. The predicted molar refractivity (Wildman–Crippen MR) is 166 cm³/mol. The lowest BCUT2D eigenvalue weighted by Gasteiger charge is -2.25. The molecule has 0 unspecified atom stereocenters. The van der Waals surface area contributed by atoms with Crippen LogP contribution in [0.15, 0.2) is 65.7 Å². The van der Waals surface area contributed by atoms with E-state index < -0.39 is 47.8 Å². The van der Waals surface area contributed by atoms with E-state index in [0.29, 0.717) is 25.0 Å². The van der Waals surface area contributed by atoms with E-state index in [9.17, 15) is 19.2 Å². The first-order valence-corrected chi connectivity index (χ1v) is 15.1. The summed E-state index contributed by atoms with van der Waals surface area (Å²) in [6.45, 7) is 0.228. The molecule has 0 saturated heterocycles. The third-order valence-corrected chi connectivity index (χ3v) is 7.04. The quantitative estimate of drug-likeness (QED) is 0.0674. The molecule has 228 valence electrons. The number of carbonyl (C=O) groups is 4. The van der Waals surface area contributed by atoms with Crippen LogP contribution in [0.3, 0.4) is 0 Å². The van der Waals surface area contributed by atoms with Gasteiger partial charge < -0.3 is 38.9 Å².